The highest BCUT2D eigenvalue weighted by atomic mass is 32.2. The Morgan fingerprint density at radius 3 is 2.24 bits per heavy atom. The van der Waals surface area contributed by atoms with Crippen LogP contribution >= 0.6 is 0 Å². The highest BCUT2D eigenvalue weighted by Crippen LogP contribution is 2.23. The Balaban J connectivity index is 1.66. The molecule has 0 unspecified atom stereocenters. The average Bonchev–Trinajstić information content (AvgIpc) is 3.03. The standard InChI is InChI=1S/C13H21N5O2S/c14-12-4-3-5-15-13(12)16-8-10-18(11-9-16)21(19,20)17-6-1-2-7-17/h3-5H,1-2,6-11,14H2. The molecule has 116 valence electrons. The molecule has 0 radical (unpaired) electrons. The number of nitrogen functional groups attached to an aromatic ring is 1. The minimum absolute atomic E-state index is 0.481. The molecule has 0 amide bonds. The predicted molar refractivity (Wildman–Crippen MR) is 82.2 cm³/mol. The van der Waals surface area contributed by atoms with Gasteiger partial charge in [-0.25, -0.2) is 4.98 Å². The second-order valence-corrected chi connectivity index (χ2v) is 7.34. The van der Waals surface area contributed by atoms with Crippen LogP contribution in [0, 0.1) is 0 Å². The van der Waals surface area contributed by atoms with Crippen LogP contribution in [-0.2, 0) is 10.2 Å². The number of hydrogen-bond donors (Lipinski definition) is 1. The molecular weight excluding hydrogens is 290 g/mol. The third kappa shape index (κ3) is 2.83. The van der Waals surface area contributed by atoms with E-state index in [0.29, 0.717) is 45.0 Å². The number of nitrogens with zero attached hydrogens (tertiary/aromatic N) is 4. The zero-order valence-corrected chi connectivity index (χ0v) is 12.8. The van der Waals surface area contributed by atoms with Gasteiger partial charge in [0.15, 0.2) is 5.82 Å². The predicted octanol–water partition coefficient (Wildman–Crippen LogP) is 0.126. The molecule has 8 heteroatoms. The van der Waals surface area contributed by atoms with Crippen molar-refractivity contribution in [3.63, 3.8) is 0 Å². The van der Waals surface area contributed by atoms with Gasteiger partial charge in [-0.2, -0.15) is 17.0 Å². The van der Waals surface area contributed by atoms with Gasteiger partial charge in [0, 0.05) is 45.5 Å². The summed E-state index contributed by atoms with van der Waals surface area (Å²) in [5, 5.41) is 0. The van der Waals surface area contributed by atoms with Gasteiger partial charge < -0.3 is 10.6 Å². The van der Waals surface area contributed by atoms with Crippen molar-refractivity contribution in [1.29, 1.82) is 0 Å². The van der Waals surface area contributed by atoms with E-state index < -0.39 is 10.2 Å². The summed E-state index contributed by atoms with van der Waals surface area (Å²) in [6.07, 6.45) is 3.63. The summed E-state index contributed by atoms with van der Waals surface area (Å²) < 4.78 is 28.2. The molecule has 7 nitrogen and oxygen atoms in total. The molecule has 3 heterocycles. The van der Waals surface area contributed by atoms with Gasteiger partial charge in [-0.05, 0) is 25.0 Å². The van der Waals surface area contributed by atoms with Crippen LogP contribution in [0.25, 0.3) is 0 Å². The maximum atomic E-state index is 12.5. The van der Waals surface area contributed by atoms with Gasteiger partial charge in [-0.3, -0.25) is 0 Å². The molecule has 2 fully saturated rings. The molecule has 2 N–H and O–H groups in total. The third-order valence-electron chi connectivity index (χ3n) is 4.07. The largest absolute Gasteiger partial charge is 0.396 e. The molecule has 2 aliphatic rings. The maximum Gasteiger partial charge on any atom is 0.282 e. The number of pyridine rings is 1. The summed E-state index contributed by atoms with van der Waals surface area (Å²) in [5.74, 6) is 0.746. The van der Waals surface area contributed by atoms with Gasteiger partial charge in [0.1, 0.15) is 0 Å². The fraction of sp³-hybridized carbons (Fsp3) is 0.615. The molecule has 2 saturated heterocycles. The van der Waals surface area contributed by atoms with Crippen molar-refractivity contribution in [2.24, 2.45) is 0 Å². The zero-order chi connectivity index (χ0) is 14.9. The lowest BCUT2D eigenvalue weighted by Gasteiger charge is -2.36. The fourth-order valence-electron chi connectivity index (χ4n) is 2.89. The van der Waals surface area contributed by atoms with Crippen LogP contribution in [0.5, 0.6) is 0 Å². The quantitative estimate of drug-likeness (QED) is 0.858. The second-order valence-electron chi connectivity index (χ2n) is 5.42. The minimum atomic E-state index is -3.29. The van der Waals surface area contributed by atoms with Crippen molar-refractivity contribution in [1.82, 2.24) is 13.6 Å². The summed E-state index contributed by atoms with van der Waals surface area (Å²) in [7, 11) is -3.29. The van der Waals surface area contributed by atoms with E-state index in [2.05, 4.69) is 4.98 Å². The van der Waals surface area contributed by atoms with E-state index in [0.717, 1.165) is 18.7 Å². The molecule has 21 heavy (non-hydrogen) atoms. The number of anilines is 2. The summed E-state index contributed by atoms with van der Waals surface area (Å²) in [6.45, 7) is 3.50. The number of nitrogens with two attached hydrogens (primary N) is 1. The van der Waals surface area contributed by atoms with Gasteiger partial charge in [-0.15, -0.1) is 0 Å². The van der Waals surface area contributed by atoms with Gasteiger partial charge in [0.25, 0.3) is 10.2 Å². The Hall–Kier alpha value is -1.38. The second kappa shape index (κ2) is 5.78. The highest BCUT2D eigenvalue weighted by molar-refractivity contribution is 7.86. The van der Waals surface area contributed by atoms with Crippen molar-refractivity contribution in [3.8, 4) is 0 Å². The lowest BCUT2D eigenvalue weighted by molar-refractivity contribution is 0.343. The third-order valence-corrected chi connectivity index (χ3v) is 6.11. The molecule has 0 saturated carbocycles. The molecule has 0 aliphatic carbocycles. The molecule has 1 aromatic heterocycles. The lowest BCUT2D eigenvalue weighted by atomic mass is 10.3. The normalized spacial score (nSPS) is 21.8. The number of hydrogen-bond acceptors (Lipinski definition) is 5. The molecular formula is C13H21N5O2S. The molecule has 0 atom stereocenters. The molecule has 1 aromatic rings. The molecule has 3 rings (SSSR count). The van der Waals surface area contributed by atoms with Gasteiger partial charge in [0.2, 0.25) is 0 Å². The molecule has 0 spiro atoms. The van der Waals surface area contributed by atoms with Crippen molar-refractivity contribution in [2.75, 3.05) is 49.9 Å². The first-order valence-electron chi connectivity index (χ1n) is 7.30. The maximum absolute atomic E-state index is 12.5. The highest BCUT2D eigenvalue weighted by Gasteiger charge is 2.34. The van der Waals surface area contributed by atoms with E-state index in [1.54, 1.807) is 20.9 Å². The first-order chi connectivity index (χ1) is 10.1. The average molecular weight is 311 g/mol. The number of rotatable bonds is 3. The topological polar surface area (TPSA) is 82.8 Å². The smallest absolute Gasteiger partial charge is 0.282 e. The van der Waals surface area contributed by atoms with Crippen molar-refractivity contribution in [2.45, 2.75) is 12.8 Å². The van der Waals surface area contributed by atoms with E-state index in [-0.39, 0.29) is 0 Å². The minimum Gasteiger partial charge on any atom is -0.396 e. The van der Waals surface area contributed by atoms with Crippen LogP contribution in [0.15, 0.2) is 18.3 Å². The van der Waals surface area contributed by atoms with Crippen LogP contribution in [0.2, 0.25) is 0 Å². The first-order valence-corrected chi connectivity index (χ1v) is 8.69. The fourth-order valence-corrected chi connectivity index (χ4v) is 4.56. The van der Waals surface area contributed by atoms with E-state index in [1.165, 1.54) is 0 Å². The van der Waals surface area contributed by atoms with Crippen molar-refractivity contribution >= 4 is 21.7 Å². The van der Waals surface area contributed by atoms with Crippen LogP contribution in [0.3, 0.4) is 0 Å². The Morgan fingerprint density at radius 1 is 1.00 bits per heavy atom. The summed E-state index contributed by atoms with van der Waals surface area (Å²) >= 11 is 0. The molecule has 2 aliphatic heterocycles. The summed E-state index contributed by atoms with van der Waals surface area (Å²) in [5.41, 5.74) is 6.56. The van der Waals surface area contributed by atoms with E-state index in [4.69, 9.17) is 5.73 Å². The first kappa shape index (κ1) is 14.6. The van der Waals surface area contributed by atoms with Crippen LogP contribution < -0.4 is 10.6 Å². The van der Waals surface area contributed by atoms with E-state index in [9.17, 15) is 8.42 Å². The summed E-state index contributed by atoms with van der Waals surface area (Å²) in [4.78, 5) is 6.34. The van der Waals surface area contributed by atoms with Crippen LogP contribution in [-0.4, -0.2) is 61.3 Å². The van der Waals surface area contributed by atoms with Gasteiger partial charge >= 0.3 is 0 Å². The van der Waals surface area contributed by atoms with E-state index >= 15 is 0 Å². The Morgan fingerprint density at radius 2 is 1.62 bits per heavy atom. The molecule has 0 bridgehead atoms. The number of piperazine rings is 1. The van der Waals surface area contributed by atoms with Crippen molar-refractivity contribution in [3.05, 3.63) is 18.3 Å². The Labute approximate surface area is 125 Å². The number of aromatic nitrogens is 1. The Bertz CT molecular complexity index is 592. The monoisotopic (exact) mass is 311 g/mol. The van der Waals surface area contributed by atoms with Crippen molar-refractivity contribution < 1.29 is 8.42 Å². The molecule has 0 aromatic carbocycles. The van der Waals surface area contributed by atoms with Crippen LogP contribution in [0.4, 0.5) is 11.5 Å². The lowest BCUT2D eigenvalue weighted by Crippen LogP contribution is -2.52. The summed E-state index contributed by atoms with van der Waals surface area (Å²) in [6, 6.07) is 3.61. The van der Waals surface area contributed by atoms with Gasteiger partial charge in [0.05, 0.1) is 5.69 Å². The van der Waals surface area contributed by atoms with Crippen LogP contribution in [0.1, 0.15) is 12.8 Å². The Kier molecular flexibility index (Phi) is 4.01. The van der Waals surface area contributed by atoms with Gasteiger partial charge in [-0.1, -0.05) is 0 Å². The zero-order valence-electron chi connectivity index (χ0n) is 12.0. The van der Waals surface area contributed by atoms with E-state index in [1.807, 2.05) is 11.0 Å². The SMILES string of the molecule is Nc1cccnc1N1CCN(S(=O)(=O)N2CCCC2)CC1.